The van der Waals surface area contributed by atoms with Crippen molar-refractivity contribution < 1.29 is 45.4 Å². The Hall–Kier alpha value is -3.10. The van der Waals surface area contributed by atoms with Gasteiger partial charge in [0.05, 0.1) is 12.3 Å². The molecule has 0 amide bonds. The summed E-state index contributed by atoms with van der Waals surface area (Å²) in [4.78, 5) is 17.1. The number of nitrogen functional groups attached to an aromatic ring is 1. The van der Waals surface area contributed by atoms with Crippen LogP contribution in [0.5, 0.6) is 0 Å². The van der Waals surface area contributed by atoms with Gasteiger partial charge in [0.15, 0.2) is 5.69 Å². The van der Waals surface area contributed by atoms with Crippen LogP contribution < -0.4 is 10.6 Å². The quantitative estimate of drug-likeness (QED) is 0.467. The topological polar surface area (TPSA) is 128 Å². The SMILES string of the molecule is CCOC(=O)CN1CCCCCCC(O)(C(F)(F)F)c2nnc(o2)-c2nc1c(C(F)(F)F)cc2N. The minimum Gasteiger partial charge on any atom is -0.465 e. The van der Waals surface area contributed by atoms with Crippen molar-refractivity contribution in [3.05, 3.63) is 17.5 Å². The molecule has 9 nitrogen and oxygen atoms in total. The van der Waals surface area contributed by atoms with Crippen molar-refractivity contribution in [3.8, 4) is 11.6 Å². The van der Waals surface area contributed by atoms with E-state index in [1.165, 1.54) is 6.92 Å². The fraction of sp³-hybridized carbons (Fsp3) is 0.600. The van der Waals surface area contributed by atoms with Crippen molar-refractivity contribution in [1.82, 2.24) is 15.2 Å². The van der Waals surface area contributed by atoms with Gasteiger partial charge < -0.3 is 24.9 Å². The second kappa shape index (κ2) is 9.87. The molecule has 0 saturated heterocycles. The van der Waals surface area contributed by atoms with Crippen LogP contribution in [-0.2, 0) is 21.3 Å². The van der Waals surface area contributed by atoms with Gasteiger partial charge in [0.2, 0.25) is 5.60 Å². The first-order valence-electron chi connectivity index (χ1n) is 10.7. The maximum Gasteiger partial charge on any atom is 0.426 e. The Kier molecular flexibility index (Phi) is 7.48. The zero-order chi connectivity index (χ0) is 26.0. The average Bonchev–Trinajstić information content (AvgIpc) is 3.23. The van der Waals surface area contributed by atoms with Crippen LogP contribution in [0.3, 0.4) is 0 Å². The number of carbonyl (C=O) groups is 1. The molecule has 3 N–H and O–H groups in total. The number of ether oxygens (including phenoxy) is 1. The lowest BCUT2D eigenvalue weighted by Crippen LogP contribution is -2.42. The number of rotatable bonds is 3. The normalized spacial score (nSPS) is 19.8. The number of hydrogen-bond acceptors (Lipinski definition) is 9. The molecule has 35 heavy (non-hydrogen) atoms. The van der Waals surface area contributed by atoms with E-state index in [-0.39, 0.29) is 32.4 Å². The van der Waals surface area contributed by atoms with Crippen molar-refractivity contribution in [3.63, 3.8) is 0 Å². The van der Waals surface area contributed by atoms with Gasteiger partial charge in [-0.3, -0.25) is 4.79 Å². The molecule has 15 heteroatoms. The van der Waals surface area contributed by atoms with E-state index in [1.54, 1.807) is 0 Å². The molecule has 0 radical (unpaired) electrons. The number of fused-ring (bicyclic) bond motifs is 5. The van der Waals surface area contributed by atoms with E-state index in [0.29, 0.717) is 12.5 Å². The Morgan fingerprint density at radius 2 is 1.89 bits per heavy atom. The van der Waals surface area contributed by atoms with Crippen molar-refractivity contribution in [1.29, 1.82) is 0 Å². The number of alkyl halides is 6. The summed E-state index contributed by atoms with van der Waals surface area (Å²) in [5.74, 6) is -3.39. The molecule has 2 aromatic heterocycles. The van der Waals surface area contributed by atoms with Crippen LogP contribution in [0.15, 0.2) is 10.5 Å². The maximum absolute atomic E-state index is 13.8. The fourth-order valence-corrected chi connectivity index (χ4v) is 3.66. The third-order valence-electron chi connectivity index (χ3n) is 5.43. The van der Waals surface area contributed by atoms with Gasteiger partial charge in [0.1, 0.15) is 17.9 Å². The van der Waals surface area contributed by atoms with Crippen LogP contribution in [0, 0.1) is 0 Å². The molecule has 1 aliphatic rings. The number of carbonyl (C=O) groups excluding carboxylic acids is 1. The van der Waals surface area contributed by atoms with Crippen LogP contribution in [-0.4, -0.2) is 52.1 Å². The van der Waals surface area contributed by atoms with Gasteiger partial charge in [-0.15, -0.1) is 10.2 Å². The van der Waals surface area contributed by atoms with Crippen LogP contribution in [0.4, 0.5) is 37.8 Å². The van der Waals surface area contributed by atoms with Gasteiger partial charge in [0.25, 0.3) is 11.8 Å². The third-order valence-corrected chi connectivity index (χ3v) is 5.43. The number of anilines is 2. The first-order valence-corrected chi connectivity index (χ1v) is 10.7. The first kappa shape index (κ1) is 26.5. The Labute approximate surface area is 195 Å². The summed E-state index contributed by atoms with van der Waals surface area (Å²) in [6.45, 7) is 0.899. The van der Waals surface area contributed by atoms with Gasteiger partial charge in [-0.05, 0) is 32.3 Å². The second-order valence-electron chi connectivity index (χ2n) is 7.96. The van der Waals surface area contributed by atoms with Gasteiger partial charge in [0, 0.05) is 6.54 Å². The molecular formula is C20H23F6N5O4. The molecule has 1 unspecified atom stereocenters. The molecule has 194 valence electrons. The summed E-state index contributed by atoms with van der Waals surface area (Å²) >= 11 is 0. The van der Waals surface area contributed by atoms with E-state index in [1.807, 2.05) is 0 Å². The number of aliphatic hydroxyl groups is 1. The minimum atomic E-state index is -5.16. The highest BCUT2D eigenvalue weighted by molar-refractivity contribution is 5.77. The van der Waals surface area contributed by atoms with Crippen LogP contribution in [0.1, 0.15) is 50.5 Å². The lowest BCUT2D eigenvalue weighted by molar-refractivity contribution is -0.277. The van der Waals surface area contributed by atoms with E-state index < -0.39 is 71.4 Å². The summed E-state index contributed by atoms with van der Waals surface area (Å²) in [6, 6.07) is 0.529. The Bertz CT molecular complexity index is 1060. The average molecular weight is 511 g/mol. The minimum absolute atomic E-state index is 0.00605. The van der Waals surface area contributed by atoms with Gasteiger partial charge in [-0.2, -0.15) is 26.3 Å². The lowest BCUT2D eigenvalue weighted by Gasteiger charge is -2.28. The van der Waals surface area contributed by atoms with Crippen LogP contribution in [0.25, 0.3) is 11.6 Å². The summed E-state index contributed by atoms with van der Waals surface area (Å²) in [5, 5.41) is 17.1. The number of aromatic nitrogens is 3. The van der Waals surface area contributed by atoms with E-state index >= 15 is 0 Å². The van der Waals surface area contributed by atoms with E-state index in [0.717, 1.165) is 4.90 Å². The van der Waals surface area contributed by atoms with Gasteiger partial charge in [-0.1, -0.05) is 12.8 Å². The molecular weight excluding hydrogens is 488 g/mol. The largest absolute Gasteiger partial charge is 0.465 e. The molecule has 1 atom stereocenters. The lowest BCUT2D eigenvalue weighted by atomic mass is 9.95. The second-order valence-corrected chi connectivity index (χ2v) is 7.96. The zero-order valence-electron chi connectivity index (χ0n) is 18.5. The fourth-order valence-electron chi connectivity index (χ4n) is 3.66. The summed E-state index contributed by atoms with van der Waals surface area (Å²) in [5.41, 5.74) is -0.116. The summed E-state index contributed by atoms with van der Waals surface area (Å²) in [6.07, 6.45) is -10.2. The highest BCUT2D eigenvalue weighted by Crippen LogP contribution is 2.44. The molecule has 2 aromatic rings. The van der Waals surface area contributed by atoms with Gasteiger partial charge in [-0.25, -0.2) is 4.98 Å². The molecule has 0 saturated carbocycles. The summed E-state index contributed by atoms with van der Waals surface area (Å²) < 4.78 is 92.5. The standard InChI is InChI=1S/C20H23F6N5O4/c1-2-34-13(32)10-31-8-6-4-3-5-7-18(33,20(24,25)26)17-30-29-16(35-17)14-12(27)9-11(15(31)28-14)19(21,22)23/h9,33H,2-8,10,27H2,1H3. The van der Waals surface area contributed by atoms with Crippen molar-refractivity contribution >= 4 is 17.5 Å². The Morgan fingerprint density at radius 1 is 1.20 bits per heavy atom. The molecule has 1 aliphatic heterocycles. The van der Waals surface area contributed by atoms with E-state index in [9.17, 15) is 36.2 Å². The monoisotopic (exact) mass is 511 g/mol. The molecule has 3 rings (SSSR count). The number of pyridine rings is 1. The van der Waals surface area contributed by atoms with Crippen molar-refractivity contribution in [2.75, 3.05) is 30.3 Å². The van der Waals surface area contributed by atoms with Crippen LogP contribution >= 0.6 is 0 Å². The molecule has 0 fully saturated rings. The Balaban J connectivity index is 2.20. The number of nitrogens with zero attached hydrogens (tertiary/aromatic N) is 4. The molecule has 0 aliphatic carbocycles. The molecule has 3 heterocycles. The van der Waals surface area contributed by atoms with E-state index in [2.05, 4.69) is 15.2 Å². The highest BCUT2D eigenvalue weighted by atomic mass is 19.4. The predicted molar refractivity (Wildman–Crippen MR) is 109 cm³/mol. The predicted octanol–water partition coefficient (Wildman–Crippen LogP) is 3.82. The number of esters is 1. The molecule has 0 aromatic carbocycles. The number of nitrogens with two attached hydrogens (primary N) is 1. The maximum atomic E-state index is 13.8. The number of halogens is 6. The van der Waals surface area contributed by atoms with Crippen molar-refractivity contribution in [2.24, 2.45) is 0 Å². The van der Waals surface area contributed by atoms with Crippen molar-refractivity contribution in [2.45, 2.75) is 57.0 Å². The number of hydrogen-bond donors (Lipinski definition) is 2. The van der Waals surface area contributed by atoms with Gasteiger partial charge >= 0.3 is 18.3 Å². The van der Waals surface area contributed by atoms with Crippen LogP contribution in [0.2, 0.25) is 0 Å². The smallest absolute Gasteiger partial charge is 0.426 e. The summed E-state index contributed by atoms with van der Waals surface area (Å²) in [7, 11) is 0. The molecule has 4 bridgehead atoms. The van der Waals surface area contributed by atoms with E-state index in [4.69, 9.17) is 14.9 Å². The molecule has 0 spiro atoms. The zero-order valence-corrected chi connectivity index (χ0v) is 18.5. The highest BCUT2D eigenvalue weighted by Gasteiger charge is 2.58. The first-order chi connectivity index (χ1) is 16.3. The Morgan fingerprint density at radius 3 is 2.51 bits per heavy atom. The third kappa shape index (κ3) is 5.60.